The molecule has 8 heteroatoms. The number of anilines is 1. The molecule has 2 aliphatic heterocycles. The molecule has 1 amide bonds. The first kappa shape index (κ1) is 22.1. The van der Waals surface area contributed by atoms with Gasteiger partial charge in [-0.3, -0.25) is 4.79 Å². The Balaban J connectivity index is 1.58. The van der Waals surface area contributed by atoms with Gasteiger partial charge in [0.15, 0.2) is 0 Å². The van der Waals surface area contributed by atoms with E-state index in [4.69, 9.17) is 0 Å². The van der Waals surface area contributed by atoms with E-state index in [1.807, 2.05) is 18.2 Å². The molecule has 0 aromatic heterocycles. The highest BCUT2D eigenvalue weighted by molar-refractivity contribution is 8.04. The van der Waals surface area contributed by atoms with Crippen molar-refractivity contribution < 1.29 is 4.79 Å². The molecule has 158 valence electrons. The van der Waals surface area contributed by atoms with Gasteiger partial charge in [0.2, 0.25) is 0 Å². The number of carbonyl (C=O) groups is 1. The van der Waals surface area contributed by atoms with Crippen LogP contribution in [0.15, 0.2) is 40.4 Å². The number of benzene rings is 1. The van der Waals surface area contributed by atoms with Gasteiger partial charge in [0, 0.05) is 44.1 Å². The summed E-state index contributed by atoms with van der Waals surface area (Å²) in [6, 6.07) is 8.29. The van der Waals surface area contributed by atoms with Crippen LogP contribution in [-0.4, -0.2) is 54.6 Å². The molecule has 2 heterocycles. The molecular formula is C21H31N5OS2. The van der Waals surface area contributed by atoms with Gasteiger partial charge in [-0.1, -0.05) is 44.9 Å². The lowest BCUT2D eigenvalue weighted by Crippen LogP contribution is -2.47. The number of nitrogens with zero attached hydrogens (tertiary/aromatic N) is 2. The number of hydrogen-bond donors (Lipinski definition) is 4. The monoisotopic (exact) mass is 433 g/mol. The van der Waals surface area contributed by atoms with Crippen LogP contribution in [0.2, 0.25) is 0 Å². The molecule has 0 aliphatic carbocycles. The summed E-state index contributed by atoms with van der Waals surface area (Å²) >= 11 is 5.79. The summed E-state index contributed by atoms with van der Waals surface area (Å²) in [4.78, 5) is 20.4. The van der Waals surface area contributed by atoms with Crippen LogP contribution in [0.4, 0.5) is 5.69 Å². The first-order valence-corrected chi connectivity index (χ1v) is 11.7. The molecule has 0 saturated carbocycles. The van der Waals surface area contributed by atoms with Crippen molar-refractivity contribution in [2.75, 3.05) is 36.7 Å². The zero-order chi connectivity index (χ0) is 20.6. The number of nitrogens with one attached hydrogen (secondary N) is 3. The number of para-hydroxylation sites is 1. The molecule has 1 saturated heterocycles. The lowest BCUT2D eigenvalue weighted by Gasteiger charge is -2.31. The van der Waals surface area contributed by atoms with Crippen LogP contribution in [0.3, 0.4) is 0 Å². The van der Waals surface area contributed by atoms with Gasteiger partial charge in [-0.05, 0) is 30.4 Å². The minimum absolute atomic E-state index is 0.0160. The van der Waals surface area contributed by atoms with E-state index < -0.39 is 0 Å². The molecule has 2 aliphatic rings. The smallest absolute Gasteiger partial charge is 0.259 e. The first-order valence-electron chi connectivity index (χ1n) is 10.3. The third-order valence-corrected chi connectivity index (χ3v) is 6.72. The van der Waals surface area contributed by atoms with Crippen molar-refractivity contribution in [3.63, 3.8) is 0 Å². The fourth-order valence-electron chi connectivity index (χ4n) is 3.74. The number of amidine groups is 1. The van der Waals surface area contributed by atoms with Gasteiger partial charge in [0.05, 0.1) is 10.7 Å². The summed E-state index contributed by atoms with van der Waals surface area (Å²) in [6.45, 7) is 8.24. The Labute approximate surface area is 183 Å². The van der Waals surface area contributed by atoms with Crippen LogP contribution in [0.25, 0.3) is 0 Å². The molecular weight excluding hydrogens is 402 g/mol. The second-order valence-corrected chi connectivity index (χ2v) is 8.72. The molecule has 6 nitrogen and oxygen atoms in total. The number of thiol groups is 1. The second kappa shape index (κ2) is 10.9. The maximum Gasteiger partial charge on any atom is 0.259 e. The van der Waals surface area contributed by atoms with E-state index in [1.54, 1.807) is 18.0 Å². The van der Waals surface area contributed by atoms with E-state index in [0.29, 0.717) is 10.8 Å². The zero-order valence-corrected chi connectivity index (χ0v) is 18.9. The fourth-order valence-corrected chi connectivity index (χ4v) is 4.80. The largest absolute Gasteiger partial charge is 0.357 e. The Morgan fingerprint density at radius 2 is 2.10 bits per heavy atom. The number of amides is 1. The van der Waals surface area contributed by atoms with Gasteiger partial charge in [0.25, 0.3) is 5.91 Å². The van der Waals surface area contributed by atoms with E-state index in [0.717, 1.165) is 56.3 Å². The van der Waals surface area contributed by atoms with Crippen LogP contribution in [0.5, 0.6) is 0 Å². The SMILES string of the molecule is CCC(C[C@@H](C)c1ccccc1NS)NC(=O)C1=CN=C(N2CCNCC2)CS1. The molecule has 1 aromatic rings. The average Bonchev–Trinajstić information content (AvgIpc) is 2.79. The van der Waals surface area contributed by atoms with Crippen LogP contribution in [-0.2, 0) is 4.79 Å². The van der Waals surface area contributed by atoms with Crippen LogP contribution < -0.4 is 15.4 Å². The maximum atomic E-state index is 12.8. The molecule has 3 rings (SSSR count). The molecule has 0 radical (unpaired) electrons. The van der Waals surface area contributed by atoms with Gasteiger partial charge < -0.3 is 20.3 Å². The minimum atomic E-state index is -0.0160. The van der Waals surface area contributed by atoms with Gasteiger partial charge in [-0.15, -0.1) is 11.8 Å². The normalized spacial score (nSPS) is 19.1. The number of thioether (sulfide) groups is 1. The van der Waals surface area contributed by atoms with Crippen molar-refractivity contribution >= 4 is 42.0 Å². The third kappa shape index (κ3) is 5.93. The average molecular weight is 434 g/mol. The van der Waals surface area contributed by atoms with Crippen LogP contribution in [0, 0.1) is 0 Å². The summed E-state index contributed by atoms with van der Waals surface area (Å²) in [5.41, 5.74) is 2.23. The highest BCUT2D eigenvalue weighted by Crippen LogP contribution is 2.29. The van der Waals surface area contributed by atoms with E-state index in [9.17, 15) is 4.79 Å². The number of rotatable bonds is 7. The van der Waals surface area contributed by atoms with Gasteiger partial charge in [0.1, 0.15) is 5.84 Å². The predicted molar refractivity (Wildman–Crippen MR) is 127 cm³/mol. The molecule has 1 fully saturated rings. The topological polar surface area (TPSA) is 68.8 Å². The molecule has 0 bridgehead atoms. The molecule has 2 atom stereocenters. The van der Waals surface area contributed by atoms with Gasteiger partial charge in [-0.25, -0.2) is 4.99 Å². The lowest BCUT2D eigenvalue weighted by atomic mass is 9.91. The first-order chi connectivity index (χ1) is 14.1. The molecule has 0 spiro atoms. The number of carbonyl (C=O) groups excluding carboxylic acids is 1. The standard InChI is InChI=1S/C21H31N5OS2/c1-3-16(12-15(2)17-6-4-5-7-18(17)25-28)24-21(27)19-13-23-20(14-29-19)26-10-8-22-9-11-26/h4-7,13,15-16,22,25,28H,3,8-12,14H2,1-2H3,(H,24,27)/t15-,16?/m1/s1. The summed E-state index contributed by atoms with van der Waals surface area (Å²) in [5, 5.41) is 6.56. The minimum Gasteiger partial charge on any atom is -0.357 e. The van der Waals surface area contributed by atoms with Crippen molar-refractivity contribution in [1.82, 2.24) is 15.5 Å². The van der Waals surface area contributed by atoms with Crippen molar-refractivity contribution in [3.8, 4) is 0 Å². The number of aliphatic imine (C=N–C) groups is 1. The maximum absolute atomic E-state index is 12.8. The Morgan fingerprint density at radius 1 is 1.34 bits per heavy atom. The molecule has 1 aromatic carbocycles. The third-order valence-electron chi connectivity index (χ3n) is 5.47. The highest BCUT2D eigenvalue weighted by atomic mass is 32.2. The summed E-state index contributed by atoms with van der Waals surface area (Å²) < 4.78 is 2.96. The van der Waals surface area contributed by atoms with Crippen molar-refractivity contribution in [3.05, 3.63) is 40.9 Å². The molecule has 1 unspecified atom stereocenters. The fraction of sp³-hybridized carbons (Fsp3) is 0.524. The highest BCUT2D eigenvalue weighted by Gasteiger charge is 2.23. The summed E-state index contributed by atoms with van der Waals surface area (Å²) in [7, 11) is 0. The Hall–Kier alpha value is -1.64. The van der Waals surface area contributed by atoms with Gasteiger partial charge >= 0.3 is 0 Å². The van der Waals surface area contributed by atoms with E-state index >= 15 is 0 Å². The number of piperazine rings is 1. The van der Waals surface area contributed by atoms with Crippen LogP contribution in [0.1, 0.15) is 38.2 Å². The van der Waals surface area contributed by atoms with Crippen molar-refractivity contribution in [1.29, 1.82) is 0 Å². The van der Waals surface area contributed by atoms with Crippen molar-refractivity contribution in [2.24, 2.45) is 4.99 Å². The zero-order valence-electron chi connectivity index (χ0n) is 17.1. The Morgan fingerprint density at radius 3 is 2.76 bits per heavy atom. The van der Waals surface area contributed by atoms with Crippen molar-refractivity contribution in [2.45, 2.75) is 38.6 Å². The van der Waals surface area contributed by atoms with Crippen LogP contribution >= 0.6 is 24.6 Å². The Bertz CT molecular complexity index is 761. The van der Waals surface area contributed by atoms with E-state index in [1.165, 1.54) is 5.56 Å². The second-order valence-electron chi connectivity index (χ2n) is 7.48. The summed E-state index contributed by atoms with van der Waals surface area (Å²) in [5.74, 6) is 2.12. The quantitative estimate of drug-likeness (QED) is 0.497. The lowest BCUT2D eigenvalue weighted by molar-refractivity contribution is -0.117. The van der Waals surface area contributed by atoms with Gasteiger partial charge in [-0.2, -0.15) is 0 Å². The molecule has 29 heavy (non-hydrogen) atoms. The predicted octanol–water partition coefficient (Wildman–Crippen LogP) is 3.22. The van der Waals surface area contributed by atoms with E-state index in [-0.39, 0.29) is 11.9 Å². The Kier molecular flexibility index (Phi) is 8.32. The summed E-state index contributed by atoms with van der Waals surface area (Å²) in [6.07, 6.45) is 3.50. The van der Waals surface area contributed by atoms with E-state index in [2.05, 4.69) is 58.0 Å². The number of hydrogen-bond acceptors (Lipinski definition) is 7. The molecule has 3 N–H and O–H groups in total.